The van der Waals surface area contributed by atoms with E-state index in [1.807, 2.05) is 6.07 Å². The first kappa shape index (κ1) is 14.4. The molecule has 0 spiro atoms. The third-order valence-electron chi connectivity index (χ3n) is 3.72. The summed E-state index contributed by atoms with van der Waals surface area (Å²) in [6, 6.07) is 8.72. The van der Waals surface area contributed by atoms with Gasteiger partial charge in [0.15, 0.2) is 0 Å². The largest absolute Gasteiger partial charge is 0.497 e. The number of rotatable bonds is 6. The number of likely N-dealkylation sites (N-methyl/N-ethyl adjacent to an activating group) is 1. The Hall–Kier alpha value is -1.06. The van der Waals surface area contributed by atoms with Gasteiger partial charge in [-0.3, -0.25) is 0 Å². The number of ether oxygens (including phenoxy) is 2. The fourth-order valence-electron chi connectivity index (χ4n) is 2.73. The van der Waals surface area contributed by atoms with Gasteiger partial charge in [0.1, 0.15) is 5.75 Å². The second kappa shape index (κ2) is 7.51. The van der Waals surface area contributed by atoms with Crippen molar-refractivity contribution >= 4 is 0 Å². The number of benzene rings is 1. The van der Waals surface area contributed by atoms with Gasteiger partial charge in [0.2, 0.25) is 0 Å². The minimum absolute atomic E-state index is 0.347. The van der Waals surface area contributed by atoms with Crippen LogP contribution in [0.5, 0.6) is 5.75 Å². The standard InChI is InChI=1S/C16H25NO2/c1-3-17-15(16-9-4-5-10-19-16)12-13-7-6-8-14(11-13)18-2/h6-8,11,15-17H,3-5,9-10,12H2,1-2H3. The van der Waals surface area contributed by atoms with E-state index in [0.717, 1.165) is 25.3 Å². The van der Waals surface area contributed by atoms with Crippen LogP contribution in [0, 0.1) is 0 Å². The van der Waals surface area contributed by atoms with E-state index in [-0.39, 0.29) is 0 Å². The Balaban J connectivity index is 2.01. The predicted octanol–water partition coefficient (Wildman–Crippen LogP) is 2.78. The normalized spacial score (nSPS) is 21.1. The van der Waals surface area contributed by atoms with Crippen molar-refractivity contribution in [2.75, 3.05) is 20.3 Å². The summed E-state index contributed by atoms with van der Waals surface area (Å²) in [5, 5.41) is 3.57. The minimum atomic E-state index is 0.347. The Morgan fingerprint density at radius 2 is 2.32 bits per heavy atom. The van der Waals surface area contributed by atoms with Crippen LogP contribution in [0.3, 0.4) is 0 Å². The first-order chi connectivity index (χ1) is 9.33. The maximum absolute atomic E-state index is 5.93. The van der Waals surface area contributed by atoms with E-state index in [1.54, 1.807) is 7.11 Å². The fraction of sp³-hybridized carbons (Fsp3) is 0.625. The lowest BCUT2D eigenvalue weighted by molar-refractivity contribution is -0.00709. The monoisotopic (exact) mass is 263 g/mol. The van der Waals surface area contributed by atoms with Crippen molar-refractivity contribution in [2.45, 2.75) is 44.8 Å². The first-order valence-electron chi connectivity index (χ1n) is 7.31. The lowest BCUT2D eigenvalue weighted by Crippen LogP contribution is -2.44. The average Bonchev–Trinajstić information content (AvgIpc) is 2.48. The summed E-state index contributed by atoms with van der Waals surface area (Å²) in [5.41, 5.74) is 1.31. The zero-order chi connectivity index (χ0) is 13.5. The van der Waals surface area contributed by atoms with Crippen molar-refractivity contribution in [1.82, 2.24) is 5.32 Å². The predicted molar refractivity (Wildman–Crippen MR) is 77.8 cm³/mol. The molecule has 1 aromatic carbocycles. The molecule has 3 nitrogen and oxygen atoms in total. The molecule has 2 rings (SSSR count). The van der Waals surface area contributed by atoms with Crippen molar-refractivity contribution < 1.29 is 9.47 Å². The Morgan fingerprint density at radius 1 is 1.42 bits per heavy atom. The molecule has 0 bridgehead atoms. The van der Waals surface area contributed by atoms with Gasteiger partial charge in [0.05, 0.1) is 13.2 Å². The van der Waals surface area contributed by atoms with Crippen molar-refractivity contribution in [2.24, 2.45) is 0 Å². The van der Waals surface area contributed by atoms with Gasteiger partial charge in [-0.2, -0.15) is 0 Å². The van der Waals surface area contributed by atoms with Gasteiger partial charge in [-0.1, -0.05) is 19.1 Å². The Morgan fingerprint density at radius 3 is 3.00 bits per heavy atom. The smallest absolute Gasteiger partial charge is 0.119 e. The molecule has 19 heavy (non-hydrogen) atoms. The van der Waals surface area contributed by atoms with Crippen LogP contribution >= 0.6 is 0 Å². The molecule has 0 saturated carbocycles. The van der Waals surface area contributed by atoms with E-state index in [2.05, 4.69) is 30.4 Å². The number of nitrogens with one attached hydrogen (secondary N) is 1. The molecule has 0 amide bonds. The van der Waals surface area contributed by atoms with E-state index in [9.17, 15) is 0 Å². The van der Waals surface area contributed by atoms with Crippen LogP contribution in [-0.4, -0.2) is 32.4 Å². The molecule has 1 saturated heterocycles. The van der Waals surface area contributed by atoms with Crippen molar-refractivity contribution in [1.29, 1.82) is 0 Å². The van der Waals surface area contributed by atoms with Crippen molar-refractivity contribution in [3.63, 3.8) is 0 Å². The van der Waals surface area contributed by atoms with Crippen molar-refractivity contribution in [3.8, 4) is 5.75 Å². The quantitative estimate of drug-likeness (QED) is 0.856. The molecule has 1 aliphatic heterocycles. The summed E-state index contributed by atoms with van der Waals surface area (Å²) >= 11 is 0. The van der Waals surface area contributed by atoms with Crippen LogP contribution in [0.1, 0.15) is 31.7 Å². The van der Waals surface area contributed by atoms with Crippen LogP contribution in [-0.2, 0) is 11.2 Å². The van der Waals surface area contributed by atoms with Gasteiger partial charge in [-0.15, -0.1) is 0 Å². The third-order valence-corrected chi connectivity index (χ3v) is 3.72. The molecule has 1 heterocycles. The lowest BCUT2D eigenvalue weighted by atomic mass is 9.96. The maximum atomic E-state index is 5.93. The highest BCUT2D eigenvalue weighted by molar-refractivity contribution is 5.29. The molecule has 2 atom stereocenters. The number of hydrogen-bond acceptors (Lipinski definition) is 3. The molecule has 2 unspecified atom stereocenters. The number of hydrogen-bond donors (Lipinski definition) is 1. The minimum Gasteiger partial charge on any atom is -0.497 e. The van der Waals surface area contributed by atoms with E-state index >= 15 is 0 Å². The summed E-state index contributed by atoms with van der Waals surface area (Å²) in [5.74, 6) is 0.928. The number of methoxy groups -OCH3 is 1. The van der Waals surface area contributed by atoms with Gasteiger partial charge in [0, 0.05) is 12.6 Å². The maximum Gasteiger partial charge on any atom is 0.119 e. The van der Waals surface area contributed by atoms with E-state index in [1.165, 1.54) is 24.8 Å². The van der Waals surface area contributed by atoms with Crippen LogP contribution in [0.2, 0.25) is 0 Å². The topological polar surface area (TPSA) is 30.5 Å². The highest BCUT2D eigenvalue weighted by Gasteiger charge is 2.24. The summed E-state index contributed by atoms with van der Waals surface area (Å²) in [6.45, 7) is 4.04. The molecular weight excluding hydrogens is 238 g/mol. The highest BCUT2D eigenvalue weighted by atomic mass is 16.5. The van der Waals surface area contributed by atoms with Crippen LogP contribution in [0.15, 0.2) is 24.3 Å². The molecule has 1 fully saturated rings. The molecule has 3 heteroatoms. The SMILES string of the molecule is CCNC(Cc1cccc(OC)c1)C1CCCCO1. The zero-order valence-electron chi connectivity index (χ0n) is 12.0. The molecule has 1 aromatic rings. The molecule has 1 N–H and O–H groups in total. The highest BCUT2D eigenvalue weighted by Crippen LogP contribution is 2.20. The zero-order valence-corrected chi connectivity index (χ0v) is 12.0. The average molecular weight is 263 g/mol. The first-order valence-corrected chi connectivity index (χ1v) is 7.31. The molecule has 0 aromatic heterocycles. The van der Waals surface area contributed by atoms with Gasteiger partial charge < -0.3 is 14.8 Å². The van der Waals surface area contributed by atoms with Crippen molar-refractivity contribution in [3.05, 3.63) is 29.8 Å². The second-order valence-corrected chi connectivity index (χ2v) is 5.12. The van der Waals surface area contributed by atoms with E-state index < -0.39 is 0 Å². The summed E-state index contributed by atoms with van der Waals surface area (Å²) < 4.78 is 11.2. The van der Waals surface area contributed by atoms with Gasteiger partial charge in [0.25, 0.3) is 0 Å². The van der Waals surface area contributed by atoms with Gasteiger partial charge >= 0.3 is 0 Å². The molecular formula is C16H25NO2. The molecule has 0 radical (unpaired) electrons. The summed E-state index contributed by atoms with van der Waals surface area (Å²) in [6.07, 6.45) is 5.00. The van der Waals surface area contributed by atoms with Crippen LogP contribution in [0.4, 0.5) is 0 Å². The Labute approximate surface area is 116 Å². The van der Waals surface area contributed by atoms with E-state index in [4.69, 9.17) is 9.47 Å². The molecule has 1 aliphatic rings. The third kappa shape index (κ3) is 4.22. The fourth-order valence-corrected chi connectivity index (χ4v) is 2.73. The van der Waals surface area contributed by atoms with Crippen LogP contribution < -0.4 is 10.1 Å². The lowest BCUT2D eigenvalue weighted by Gasteiger charge is -2.31. The molecule has 0 aliphatic carbocycles. The summed E-state index contributed by atoms with van der Waals surface area (Å²) in [7, 11) is 1.71. The summed E-state index contributed by atoms with van der Waals surface area (Å²) in [4.78, 5) is 0. The van der Waals surface area contributed by atoms with Gasteiger partial charge in [-0.25, -0.2) is 0 Å². The molecule has 106 valence electrons. The van der Waals surface area contributed by atoms with E-state index in [0.29, 0.717) is 12.1 Å². The van der Waals surface area contributed by atoms with Crippen LogP contribution in [0.25, 0.3) is 0 Å². The second-order valence-electron chi connectivity index (χ2n) is 5.12. The van der Waals surface area contributed by atoms with Gasteiger partial charge in [-0.05, 0) is 49.9 Å². The Kier molecular flexibility index (Phi) is 5.67. The Bertz CT molecular complexity index is 375.